The minimum Gasteiger partial charge on any atom is -0.481 e. The summed E-state index contributed by atoms with van der Waals surface area (Å²) in [5.41, 5.74) is 1.50. The van der Waals surface area contributed by atoms with Gasteiger partial charge in [0, 0.05) is 30.7 Å². The van der Waals surface area contributed by atoms with Gasteiger partial charge in [-0.05, 0) is 37.1 Å². The average molecular weight is 416 g/mol. The molecular formula is C22H28N2O6. The zero-order chi connectivity index (χ0) is 21.2. The van der Waals surface area contributed by atoms with Gasteiger partial charge in [0.1, 0.15) is 12.0 Å². The van der Waals surface area contributed by atoms with Crippen molar-refractivity contribution in [3.05, 3.63) is 48.2 Å². The Hall–Kier alpha value is -2.68. The van der Waals surface area contributed by atoms with E-state index in [1.165, 1.54) is 0 Å². The Labute approximate surface area is 175 Å². The molecule has 1 aliphatic rings. The highest BCUT2D eigenvalue weighted by Crippen LogP contribution is 2.20. The van der Waals surface area contributed by atoms with Crippen LogP contribution in [0.4, 0.5) is 0 Å². The number of furan rings is 1. The van der Waals surface area contributed by atoms with Crippen LogP contribution in [-0.4, -0.2) is 61.1 Å². The lowest BCUT2D eigenvalue weighted by atomic mass is 10.1. The van der Waals surface area contributed by atoms with E-state index in [0.29, 0.717) is 45.0 Å². The molecule has 2 aromatic rings. The summed E-state index contributed by atoms with van der Waals surface area (Å²) in [6.45, 7) is 2.61. The van der Waals surface area contributed by atoms with Crippen LogP contribution in [0.5, 0.6) is 0 Å². The largest absolute Gasteiger partial charge is 0.481 e. The van der Waals surface area contributed by atoms with E-state index < -0.39 is 5.97 Å². The van der Waals surface area contributed by atoms with Crippen LogP contribution in [-0.2, 0) is 14.3 Å². The van der Waals surface area contributed by atoms with Gasteiger partial charge in [0.05, 0.1) is 26.1 Å². The van der Waals surface area contributed by atoms with Gasteiger partial charge in [-0.3, -0.25) is 14.5 Å². The highest BCUT2D eigenvalue weighted by Gasteiger charge is 2.24. The molecule has 2 N–H and O–H groups in total. The number of nitrogens with zero attached hydrogens (tertiary/aromatic N) is 1. The second-order valence-electron chi connectivity index (χ2n) is 7.14. The molecule has 8 heteroatoms. The van der Waals surface area contributed by atoms with E-state index in [4.69, 9.17) is 19.0 Å². The van der Waals surface area contributed by atoms with Crippen LogP contribution in [0.25, 0.3) is 11.3 Å². The number of ether oxygens (including phenoxy) is 2. The summed E-state index contributed by atoms with van der Waals surface area (Å²) in [5, 5.41) is 11.6. The molecule has 2 heterocycles. The number of morpholine rings is 1. The molecule has 1 amide bonds. The third-order valence-electron chi connectivity index (χ3n) is 4.93. The molecule has 0 bridgehead atoms. The van der Waals surface area contributed by atoms with Crippen molar-refractivity contribution in [2.24, 2.45) is 0 Å². The number of hydrogen-bond donors (Lipinski definition) is 2. The highest BCUT2D eigenvalue weighted by molar-refractivity contribution is 5.94. The molecule has 3 rings (SSSR count). The summed E-state index contributed by atoms with van der Waals surface area (Å²) in [4.78, 5) is 25.1. The fourth-order valence-corrected chi connectivity index (χ4v) is 3.23. The molecule has 1 atom stereocenters. The van der Waals surface area contributed by atoms with Crippen LogP contribution in [0.1, 0.15) is 36.0 Å². The van der Waals surface area contributed by atoms with Crippen molar-refractivity contribution in [2.45, 2.75) is 31.9 Å². The first-order valence-corrected chi connectivity index (χ1v) is 10.2. The van der Waals surface area contributed by atoms with Gasteiger partial charge in [0.2, 0.25) is 0 Å². The minimum absolute atomic E-state index is 0.153. The Morgan fingerprint density at radius 2 is 2.00 bits per heavy atom. The van der Waals surface area contributed by atoms with Crippen LogP contribution in [0, 0.1) is 0 Å². The number of aliphatic carboxylic acids is 1. The van der Waals surface area contributed by atoms with Crippen molar-refractivity contribution in [3.8, 4) is 11.3 Å². The maximum absolute atomic E-state index is 12.5. The maximum atomic E-state index is 12.5. The number of rotatable bonds is 11. The lowest BCUT2D eigenvalue weighted by Gasteiger charge is -2.35. The van der Waals surface area contributed by atoms with Crippen molar-refractivity contribution in [1.29, 1.82) is 0 Å². The molecule has 1 unspecified atom stereocenters. The number of amides is 1. The second kappa shape index (κ2) is 11.5. The van der Waals surface area contributed by atoms with Crippen LogP contribution < -0.4 is 5.32 Å². The number of carbonyl (C=O) groups excluding carboxylic acids is 1. The predicted molar refractivity (Wildman–Crippen MR) is 110 cm³/mol. The summed E-state index contributed by atoms with van der Waals surface area (Å²) in [6, 6.07) is 11.0. The van der Waals surface area contributed by atoms with Gasteiger partial charge in [-0.1, -0.05) is 18.6 Å². The quantitative estimate of drug-likeness (QED) is 0.543. The first-order chi connectivity index (χ1) is 14.6. The third-order valence-corrected chi connectivity index (χ3v) is 4.93. The molecule has 0 saturated carbocycles. The Morgan fingerprint density at radius 3 is 2.73 bits per heavy atom. The molecule has 1 aliphatic heterocycles. The van der Waals surface area contributed by atoms with Gasteiger partial charge in [0.15, 0.2) is 0 Å². The number of carboxylic acid groups (broad SMARTS) is 1. The molecule has 30 heavy (non-hydrogen) atoms. The monoisotopic (exact) mass is 416 g/mol. The van der Waals surface area contributed by atoms with E-state index in [1.54, 1.807) is 18.4 Å². The molecular weight excluding hydrogens is 388 g/mol. The second-order valence-corrected chi connectivity index (χ2v) is 7.14. The fourth-order valence-electron chi connectivity index (χ4n) is 3.23. The summed E-state index contributed by atoms with van der Waals surface area (Å²) in [5.74, 6) is -0.160. The SMILES string of the molecule is O=C(O)CCCCCOC1COCCN1CNC(=O)c1ccc(-c2ccco2)cc1. The predicted octanol–water partition coefficient (Wildman–Crippen LogP) is 2.95. The average Bonchev–Trinajstić information content (AvgIpc) is 3.30. The molecule has 0 spiro atoms. The lowest BCUT2D eigenvalue weighted by molar-refractivity contribution is -0.141. The van der Waals surface area contributed by atoms with E-state index in [-0.39, 0.29) is 18.6 Å². The number of hydrogen-bond acceptors (Lipinski definition) is 6. The first kappa shape index (κ1) is 22.0. The van der Waals surface area contributed by atoms with Crippen LogP contribution in [0.2, 0.25) is 0 Å². The number of unbranched alkanes of at least 4 members (excludes halogenated alkanes) is 2. The van der Waals surface area contributed by atoms with Crippen molar-refractivity contribution in [2.75, 3.05) is 33.0 Å². The molecule has 1 aromatic carbocycles. The van der Waals surface area contributed by atoms with Crippen LogP contribution in [0.3, 0.4) is 0 Å². The first-order valence-electron chi connectivity index (χ1n) is 10.2. The summed E-state index contributed by atoms with van der Waals surface area (Å²) < 4.78 is 16.7. The lowest BCUT2D eigenvalue weighted by Crippen LogP contribution is -2.51. The standard InChI is InChI=1S/C22H28N2O6/c25-21(26)6-2-1-3-12-30-20-15-28-14-11-24(20)16-23-22(27)18-9-7-17(8-10-18)19-5-4-13-29-19/h4-5,7-10,13,20H,1-3,6,11-12,14-16H2,(H,23,27)(H,25,26). The molecule has 0 aliphatic carbocycles. The van der Waals surface area contributed by atoms with Crippen LogP contribution >= 0.6 is 0 Å². The summed E-state index contributed by atoms with van der Waals surface area (Å²) >= 11 is 0. The normalized spacial score (nSPS) is 17.0. The van der Waals surface area contributed by atoms with E-state index in [0.717, 1.165) is 24.2 Å². The highest BCUT2D eigenvalue weighted by atomic mass is 16.5. The van der Waals surface area contributed by atoms with Crippen molar-refractivity contribution in [1.82, 2.24) is 10.2 Å². The van der Waals surface area contributed by atoms with Gasteiger partial charge in [-0.25, -0.2) is 0 Å². The van der Waals surface area contributed by atoms with Gasteiger partial charge in [0.25, 0.3) is 5.91 Å². The van der Waals surface area contributed by atoms with E-state index >= 15 is 0 Å². The number of carboxylic acids is 1. The molecule has 8 nitrogen and oxygen atoms in total. The Balaban J connectivity index is 1.42. The fraction of sp³-hybridized carbons (Fsp3) is 0.455. The molecule has 0 radical (unpaired) electrons. The maximum Gasteiger partial charge on any atom is 0.303 e. The number of nitrogens with one attached hydrogen (secondary N) is 1. The van der Waals surface area contributed by atoms with Gasteiger partial charge in [-0.15, -0.1) is 0 Å². The molecule has 162 valence electrons. The van der Waals surface area contributed by atoms with Gasteiger partial charge in [-0.2, -0.15) is 0 Å². The molecule has 1 aromatic heterocycles. The third kappa shape index (κ3) is 6.69. The van der Waals surface area contributed by atoms with Crippen molar-refractivity contribution >= 4 is 11.9 Å². The zero-order valence-corrected chi connectivity index (χ0v) is 16.9. The Bertz CT molecular complexity index is 790. The van der Waals surface area contributed by atoms with Crippen molar-refractivity contribution < 1.29 is 28.6 Å². The zero-order valence-electron chi connectivity index (χ0n) is 16.9. The van der Waals surface area contributed by atoms with Crippen molar-refractivity contribution in [3.63, 3.8) is 0 Å². The number of benzene rings is 1. The summed E-state index contributed by atoms with van der Waals surface area (Å²) in [6.07, 6.45) is 3.84. The number of carbonyl (C=O) groups is 2. The van der Waals surface area contributed by atoms with E-state index in [9.17, 15) is 9.59 Å². The van der Waals surface area contributed by atoms with Gasteiger partial charge < -0.3 is 24.3 Å². The molecule has 1 saturated heterocycles. The van der Waals surface area contributed by atoms with E-state index in [1.807, 2.05) is 29.2 Å². The summed E-state index contributed by atoms with van der Waals surface area (Å²) in [7, 11) is 0. The smallest absolute Gasteiger partial charge is 0.303 e. The molecule has 1 fully saturated rings. The topological polar surface area (TPSA) is 101 Å². The van der Waals surface area contributed by atoms with Gasteiger partial charge >= 0.3 is 5.97 Å². The minimum atomic E-state index is -0.769. The van der Waals surface area contributed by atoms with Crippen LogP contribution in [0.15, 0.2) is 47.1 Å². The van der Waals surface area contributed by atoms with E-state index in [2.05, 4.69) is 5.32 Å². The Morgan fingerprint density at radius 1 is 1.17 bits per heavy atom. The Kier molecular flexibility index (Phi) is 8.43.